The molecule has 0 saturated heterocycles. The summed E-state index contributed by atoms with van der Waals surface area (Å²) in [5.74, 6) is -0.490. The molecule has 2 rings (SSSR count). The van der Waals surface area contributed by atoms with E-state index in [0.717, 1.165) is 12.8 Å². The molecule has 1 aliphatic carbocycles. The summed E-state index contributed by atoms with van der Waals surface area (Å²) in [5, 5.41) is 2.84. The Balaban J connectivity index is 2.11. The summed E-state index contributed by atoms with van der Waals surface area (Å²) in [7, 11) is 1.28. The van der Waals surface area contributed by atoms with Crippen LogP contribution in [0.5, 0.6) is 5.75 Å². The van der Waals surface area contributed by atoms with Gasteiger partial charge >= 0.3 is 5.97 Å². The molecule has 0 spiro atoms. The fraction of sp³-hybridized carbons (Fsp3) is 0.429. The van der Waals surface area contributed by atoms with Crippen LogP contribution >= 0.6 is 0 Å². The predicted molar refractivity (Wildman–Crippen MR) is 73.4 cm³/mol. The Morgan fingerprint density at radius 3 is 2.70 bits per heavy atom. The van der Waals surface area contributed by atoms with Crippen molar-refractivity contribution in [3.63, 3.8) is 0 Å². The number of nitrogens with one attached hydrogen (secondary N) is 1. The number of hydrogen-bond donors (Lipinski definition) is 2. The van der Waals surface area contributed by atoms with Gasteiger partial charge in [0.2, 0.25) is 0 Å². The molecule has 20 heavy (non-hydrogen) atoms. The highest BCUT2D eigenvalue weighted by Gasteiger charge is 2.27. The van der Waals surface area contributed by atoms with Crippen molar-refractivity contribution in [2.24, 2.45) is 0 Å². The number of amides is 1. The summed E-state index contributed by atoms with van der Waals surface area (Å²) in [6.07, 6.45) is 1.30. The lowest BCUT2D eigenvalue weighted by Crippen LogP contribution is -2.37. The minimum atomic E-state index is -0.708. The third kappa shape index (κ3) is 3.40. The van der Waals surface area contributed by atoms with Crippen LogP contribution in [-0.4, -0.2) is 31.1 Å². The van der Waals surface area contributed by atoms with E-state index in [-0.39, 0.29) is 23.3 Å². The van der Waals surface area contributed by atoms with Crippen molar-refractivity contribution in [2.75, 3.05) is 12.8 Å². The number of ether oxygens (including phenoxy) is 2. The lowest BCUT2D eigenvalue weighted by molar-refractivity contribution is -0.127. The van der Waals surface area contributed by atoms with Crippen LogP contribution < -0.4 is 15.8 Å². The summed E-state index contributed by atoms with van der Waals surface area (Å²) in [4.78, 5) is 23.5. The SMILES string of the molecule is COC(=O)c1ccc(N)cc1OC(C)C(=O)NC1CC1. The van der Waals surface area contributed by atoms with E-state index in [2.05, 4.69) is 10.1 Å². The normalized spacial score (nSPS) is 15.3. The Labute approximate surface area is 117 Å². The highest BCUT2D eigenvalue weighted by atomic mass is 16.5. The van der Waals surface area contributed by atoms with Crippen molar-refractivity contribution in [2.45, 2.75) is 31.9 Å². The van der Waals surface area contributed by atoms with E-state index in [9.17, 15) is 9.59 Å². The van der Waals surface area contributed by atoms with Crippen molar-refractivity contribution in [1.82, 2.24) is 5.32 Å². The number of hydrogen-bond acceptors (Lipinski definition) is 5. The minimum Gasteiger partial charge on any atom is -0.480 e. The van der Waals surface area contributed by atoms with Crippen molar-refractivity contribution in [3.8, 4) is 5.75 Å². The Hall–Kier alpha value is -2.24. The molecule has 0 aromatic heterocycles. The van der Waals surface area contributed by atoms with Crippen LogP contribution in [0, 0.1) is 0 Å². The molecule has 1 aliphatic rings. The van der Waals surface area contributed by atoms with Crippen molar-refractivity contribution in [1.29, 1.82) is 0 Å². The van der Waals surface area contributed by atoms with Crippen LogP contribution in [0.25, 0.3) is 0 Å². The van der Waals surface area contributed by atoms with E-state index < -0.39 is 12.1 Å². The first kappa shape index (κ1) is 14.2. The molecular formula is C14H18N2O4. The van der Waals surface area contributed by atoms with E-state index in [0.29, 0.717) is 5.69 Å². The number of benzene rings is 1. The first-order valence-corrected chi connectivity index (χ1v) is 6.46. The Morgan fingerprint density at radius 2 is 2.10 bits per heavy atom. The van der Waals surface area contributed by atoms with E-state index in [1.807, 2.05) is 0 Å². The lowest BCUT2D eigenvalue weighted by atomic mass is 10.2. The second kappa shape index (κ2) is 5.81. The maximum atomic E-state index is 11.8. The Bertz CT molecular complexity index is 526. The zero-order valence-electron chi connectivity index (χ0n) is 11.5. The smallest absolute Gasteiger partial charge is 0.341 e. The van der Waals surface area contributed by atoms with Gasteiger partial charge in [-0.3, -0.25) is 4.79 Å². The van der Waals surface area contributed by atoms with Crippen LogP contribution in [-0.2, 0) is 9.53 Å². The zero-order chi connectivity index (χ0) is 14.7. The predicted octanol–water partition coefficient (Wildman–Crippen LogP) is 1.10. The monoisotopic (exact) mass is 278 g/mol. The molecule has 6 heteroatoms. The molecule has 1 aromatic carbocycles. The van der Waals surface area contributed by atoms with Gasteiger partial charge in [0, 0.05) is 17.8 Å². The summed E-state index contributed by atoms with van der Waals surface area (Å²) in [6, 6.07) is 4.86. The van der Waals surface area contributed by atoms with Crippen LogP contribution in [0.1, 0.15) is 30.1 Å². The minimum absolute atomic E-state index is 0.203. The van der Waals surface area contributed by atoms with Crippen LogP contribution in [0.3, 0.4) is 0 Å². The number of esters is 1. The number of methoxy groups -OCH3 is 1. The molecule has 108 valence electrons. The highest BCUT2D eigenvalue weighted by molar-refractivity contribution is 5.93. The molecular weight excluding hydrogens is 260 g/mol. The maximum Gasteiger partial charge on any atom is 0.341 e. The van der Waals surface area contributed by atoms with Gasteiger partial charge in [-0.2, -0.15) is 0 Å². The van der Waals surface area contributed by atoms with Crippen LogP contribution in [0.4, 0.5) is 5.69 Å². The molecule has 0 aliphatic heterocycles. The molecule has 1 atom stereocenters. The molecule has 1 saturated carbocycles. The van der Waals surface area contributed by atoms with E-state index in [4.69, 9.17) is 10.5 Å². The summed E-state index contributed by atoms with van der Waals surface area (Å²) < 4.78 is 10.2. The number of carbonyl (C=O) groups excluding carboxylic acids is 2. The van der Waals surface area contributed by atoms with Gasteiger partial charge in [-0.25, -0.2) is 4.79 Å². The molecule has 1 amide bonds. The van der Waals surface area contributed by atoms with E-state index in [1.165, 1.54) is 19.2 Å². The average molecular weight is 278 g/mol. The molecule has 1 aromatic rings. The average Bonchev–Trinajstić information content (AvgIpc) is 3.22. The molecule has 1 fully saturated rings. The summed E-state index contributed by atoms with van der Waals surface area (Å²) in [6.45, 7) is 1.63. The van der Waals surface area contributed by atoms with Crippen LogP contribution in [0.2, 0.25) is 0 Å². The number of carbonyl (C=O) groups is 2. The number of nitrogens with two attached hydrogens (primary N) is 1. The first-order chi connectivity index (χ1) is 9.51. The van der Waals surface area contributed by atoms with Gasteiger partial charge in [-0.15, -0.1) is 0 Å². The molecule has 1 unspecified atom stereocenters. The topological polar surface area (TPSA) is 90.7 Å². The second-order valence-corrected chi connectivity index (χ2v) is 4.79. The molecule has 3 N–H and O–H groups in total. The molecule has 0 radical (unpaired) electrons. The van der Waals surface area contributed by atoms with Crippen molar-refractivity contribution in [3.05, 3.63) is 23.8 Å². The second-order valence-electron chi connectivity index (χ2n) is 4.79. The number of anilines is 1. The fourth-order valence-electron chi connectivity index (χ4n) is 1.71. The van der Waals surface area contributed by atoms with Gasteiger partial charge in [-0.1, -0.05) is 0 Å². The number of nitrogen functional groups attached to an aromatic ring is 1. The zero-order valence-corrected chi connectivity index (χ0v) is 11.5. The van der Waals surface area contributed by atoms with Crippen molar-refractivity contribution >= 4 is 17.6 Å². The maximum absolute atomic E-state index is 11.8. The third-order valence-electron chi connectivity index (χ3n) is 3.01. The molecule has 6 nitrogen and oxygen atoms in total. The van der Waals surface area contributed by atoms with E-state index >= 15 is 0 Å². The third-order valence-corrected chi connectivity index (χ3v) is 3.01. The van der Waals surface area contributed by atoms with Gasteiger partial charge in [0.1, 0.15) is 11.3 Å². The highest BCUT2D eigenvalue weighted by Crippen LogP contribution is 2.24. The van der Waals surface area contributed by atoms with Gasteiger partial charge in [0.05, 0.1) is 7.11 Å². The van der Waals surface area contributed by atoms with Gasteiger partial charge in [0.15, 0.2) is 6.10 Å². The largest absolute Gasteiger partial charge is 0.480 e. The Kier molecular flexibility index (Phi) is 4.12. The van der Waals surface area contributed by atoms with E-state index in [1.54, 1.807) is 13.0 Å². The molecule has 0 bridgehead atoms. The quantitative estimate of drug-likeness (QED) is 0.621. The van der Waals surface area contributed by atoms with Crippen molar-refractivity contribution < 1.29 is 19.1 Å². The summed E-state index contributed by atoms with van der Waals surface area (Å²) >= 11 is 0. The van der Waals surface area contributed by atoms with Gasteiger partial charge < -0.3 is 20.5 Å². The van der Waals surface area contributed by atoms with Gasteiger partial charge in [0.25, 0.3) is 5.91 Å². The summed E-state index contributed by atoms with van der Waals surface area (Å²) in [5.41, 5.74) is 6.37. The van der Waals surface area contributed by atoms with Gasteiger partial charge in [-0.05, 0) is 31.9 Å². The Morgan fingerprint density at radius 1 is 1.40 bits per heavy atom. The number of rotatable bonds is 5. The fourth-order valence-corrected chi connectivity index (χ4v) is 1.71. The van der Waals surface area contributed by atoms with Crippen LogP contribution in [0.15, 0.2) is 18.2 Å². The molecule has 0 heterocycles. The lowest BCUT2D eigenvalue weighted by Gasteiger charge is -2.16. The first-order valence-electron chi connectivity index (χ1n) is 6.46. The standard InChI is InChI=1S/C14H18N2O4/c1-8(13(17)16-10-4-5-10)20-12-7-9(15)3-6-11(12)14(18)19-2/h3,6-8,10H,4-5,15H2,1-2H3,(H,16,17).